The van der Waals surface area contributed by atoms with Crippen molar-refractivity contribution in [2.24, 2.45) is 0 Å². The zero-order valence-electron chi connectivity index (χ0n) is 15.3. The number of anilines is 1. The molecule has 1 aliphatic carbocycles. The van der Waals surface area contributed by atoms with Gasteiger partial charge < -0.3 is 15.4 Å². The number of benzene rings is 1. The van der Waals surface area contributed by atoms with Crippen LogP contribution in [0.25, 0.3) is 0 Å². The van der Waals surface area contributed by atoms with Crippen molar-refractivity contribution in [3.8, 4) is 0 Å². The van der Waals surface area contributed by atoms with Crippen LogP contribution in [0, 0.1) is 0 Å². The van der Waals surface area contributed by atoms with Crippen molar-refractivity contribution in [2.45, 2.75) is 32.1 Å². The number of carbonyl (C=O) groups is 2. The number of fused-ring (bicyclic) bond motifs is 1. The van der Waals surface area contributed by atoms with Crippen LogP contribution in [0.2, 0.25) is 0 Å². The summed E-state index contributed by atoms with van der Waals surface area (Å²) < 4.78 is 5.95. The number of nitrogens with one attached hydrogen (secondary N) is 2. The van der Waals surface area contributed by atoms with Crippen molar-refractivity contribution in [3.05, 3.63) is 50.3 Å². The Morgan fingerprint density at radius 3 is 2.63 bits per heavy atom. The van der Waals surface area contributed by atoms with E-state index in [1.807, 2.05) is 12.1 Å². The highest BCUT2D eigenvalue weighted by molar-refractivity contribution is 9.10. The summed E-state index contributed by atoms with van der Waals surface area (Å²) in [5.41, 5.74) is 2.30. The average molecular weight is 451 g/mol. The summed E-state index contributed by atoms with van der Waals surface area (Å²) in [5, 5.41) is 6.58. The monoisotopic (exact) mass is 450 g/mol. The lowest BCUT2D eigenvalue weighted by Crippen LogP contribution is -2.27. The summed E-state index contributed by atoms with van der Waals surface area (Å²) in [6, 6.07) is 7.18. The van der Waals surface area contributed by atoms with Gasteiger partial charge in [-0.25, -0.2) is 0 Å². The third-order valence-corrected chi connectivity index (χ3v) is 6.28. The molecule has 144 valence electrons. The molecule has 3 rings (SSSR count). The highest BCUT2D eigenvalue weighted by Crippen LogP contribution is 2.38. The highest BCUT2D eigenvalue weighted by atomic mass is 79.9. The van der Waals surface area contributed by atoms with Gasteiger partial charge in [-0.2, -0.15) is 0 Å². The summed E-state index contributed by atoms with van der Waals surface area (Å²) in [6.45, 7) is 1.16. The second-order valence-corrected chi connectivity index (χ2v) is 8.50. The maximum atomic E-state index is 12.8. The Morgan fingerprint density at radius 1 is 1.15 bits per heavy atom. The topological polar surface area (TPSA) is 67.4 Å². The van der Waals surface area contributed by atoms with E-state index in [0.717, 1.165) is 42.1 Å². The van der Waals surface area contributed by atoms with Crippen LogP contribution >= 0.6 is 27.3 Å². The standard InChI is InChI=1S/C20H23BrN2O3S/c1-26-12-4-11-22-19(25)17-15-5-2-3-6-16(15)27-20(17)23-18(24)13-7-9-14(21)10-8-13/h7-10H,2-6,11-12H2,1H3,(H,22,25)(H,23,24). The molecule has 1 aromatic heterocycles. The summed E-state index contributed by atoms with van der Waals surface area (Å²) in [4.78, 5) is 26.7. The Bertz CT molecular complexity index is 817. The van der Waals surface area contributed by atoms with E-state index >= 15 is 0 Å². The normalized spacial score (nSPS) is 13.1. The second-order valence-electron chi connectivity index (χ2n) is 6.48. The first-order valence-corrected chi connectivity index (χ1v) is 10.7. The van der Waals surface area contributed by atoms with Gasteiger partial charge in [0.05, 0.1) is 5.56 Å². The summed E-state index contributed by atoms with van der Waals surface area (Å²) in [7, 11) is 1.65. The van der Waals surface area contributed by atoms with Crippen LogP contribution in [0.5, 0.6) is 0 Å². The number of hydrogen-bond acceptors (Lipinski definition) is 4. The molecule has 0 unspecified atom stereocenters. The molecule has 7 heteroatoms. The van der Waals surface area contributed by atoms with Gasteiger partial charge in [-0.15, -0.1) is 11.3 Å². The minimum Gasteiger partial charge on any atom is -0.385 e. The van der Waals surface area contributed by atoms with Gasteiger partial charge in [0.1, 0.15) is 5.00 Å². The average Bonchev–Trinajstić information content (AvgIpc) is 3.03. The van der Waals surface area contributed by atoms with Gasteiger partial charge in [0.25, 0.3) is 11.8 Å². The quantitative estimate of drug-likeness (QED) is 0.613. The van der Waals surface area contributed by atoms with E-state index in [4.69, 9.17) is 4.74 Å². The summed E-state index contributed by atoms with van der Waals surface area (Å²) in [6.07, 6.45) is 4.82. The fourth-order valence-electron chi connectivity index (χ4n) is 3.18. The number of hydrogen-bond donors (Lipinski definition) is 2. The molecule has 0 bridgehead atoms. The van der Waals surface area contributed by atoms with E-state index in [1.54, 1.807) is 19.2 Å². The molecule has 1 aliphatic rings. The van der Waals surface area contributed by atoms with E-state index in [2.05, 4.69) is 26.6 Å². The van der Waals surface area contributed by atoms with Crippen LogP contribution in [0.3, 0.4) is 0 Å². The van der Waals surface area contributed by atoms with Crippen LogP contribution in [0.1, 0.15) is 50.4 Å². The minimum absolute atomic E-state index is 0.114. The van der Waals surface area contributed by atoms with Crippen molar-refractivity contribution in [1.82, 2.24) is 5.32 Å². The number of methoxy groups -OCH3 is 1. The van der Waals surface area contributed by atoms with Crippen LogP contribution in [-0.2, 0) is 17.6 Å². The first kappa shape index (κ1) is 20.0. The molecule has 0 aliphatic heterocycles. The van der Waals surface area contributed by atoms with Gasteiger partial charge in [-0.3, -0.25) is 9.59 Å². The molecule has 0 fully saturated rings. The fourth-order valence-corrected chi connectivity index (χ4v) is 4.72. The van der Waals surface area contributed by atoms with Gasteiger partial charge in [0.2, 0.25) is 0 Å². The van der Waals surface area contributed by atoms with Crippen LogP contribution in [-0.4, -0.2) is 32.1 Å². The van der Waals surface area contributed by atoms with Crippen LogP contribution < -0.4 is 10.6 Å². The Kier molecular flexibility index (Phi) is 7.04. The van der Waals surface area contributed by atoms with E-state index < -0.39 is 0 Å². The Balaban J connectivity index is 1.81. The van der Waals surface area contributed by atoms with Crippen molar-refractivity contribution in [3.63, 3.8) is 0 Å². The predicted octanol–water partition coefficient (Wildman–Crippen LogP) is 4.41. The third-order valence-electron chi connectivity index (χ3n) is 4.54. The molecular weight excluding hydrogens is 428 g/mol. The molecule has 0 saturated heterocycles. The minimum atomic E-state index is -0.200. The molecule has 2 aromatic rings. The molecule has 27 heavy (non-hydrogen) atoms. The molecule has 1 heterocycles. The SMILES string of the molecule is COCCCNC(=O)c1c(NC(=O)c2ccc(Br)cc2)sc2c1CCCC2. The number of amides is 2. The molecule has 0 saturated carbocycles. The molecule has 0 atom stereocenters. The van der Waals surface area contributed by atoms with Gasteiger partial charge in [0.15, 0.2) is 0 Å². The van der Waals surface area contributed by atoms with Gasteiger partial charge >= 0.3 is 0 Å². The lowest BCUT2D eigenvalue weighted by Gasteiger charge is -2.13. The number of halogens is 1. The Hall–Kier alpha value is -1.70. The molecule has 5 nitrogen and oxygen atoms in total. The molecule has 2 amide bonds. The van der Waals surface area contributed by atoms with E-state index in [1.165, 1.54) is 16.2 Å². The van der Waals surface area contributed by atoms with Crippen molar-refractivity contribution in [2.75, 3.05) is 25.6 Å². The first-order valence-electron chi connectivity index (χ1n) is 9.08. The highest BCUT2D eigenvalue weighted by Gasteiger charge is 2.26. The van der Waals surface area contributed by atoms with Crippen LogP contribution in [0.4, 0.5) is 5.00 Å². The maximum Gasteiger partial charge on any atom is 0.256 e. The number of rotatable bonds is 7. The lowest BCUT2D eigenvalue weighted by atomic mass is 9.95. The summed E-state index contributed by atoms with van der Waals surface area (Å²) >= 11 is 4.91. The smallest absolute Gasteiger partial charge is 0.256 e. The largest absolute Gasteiger partial charge is 0.385 e. The zero-order valence-corrected chi connectivity index (χ0v) is 17.7. The van der Waals surface area contributed by atoms with Gasteiger partial charge in [-0.1, -0.05) is 15.9 Å². The van der Waals surface area contributed by atoms with Gasteiger partial charge in [0, 0.05) is 35.2 Å². The van der Waals surface area contributed by atoms with Crippen LogP contribution in [0.15, 0.2) is 28.7 Å². The summed E-state index contributed by atoms with van der Waals surface area (Å²) in [5.74, 6) is -0.314. The Labute approximate surface area is 171 Å². The second kappa shape index (κ2) is 9.48. The predicted molar refractivity (Wildman–Crippen MR) is 112 cm³/mol. The number of thiophene rings is 1. The van der Waals surface area contributed by atoms with Crippen molar-refractivity contribution in [1.29, 1.82) is 0 Å². The van der Waals surface area contributed by atoms with E-state index in [-0.39, 0.29) is 11.8 Å². The molecule has 1 aromatic carbocycles. The molecule has 0 radical (unpaired) electrons. The van der Waals surface area contributed by atoms with Gasteiger partial charge in [-0.05, 0) is 61.9 Å². The Morgan fingerprint density at radius 2 is 1.89 bits per heavy atom. The zero-order chi connectivity index (χ0) is 19.2. The third kappa shape index (κ3) is 4.97. The van der Waals surface area contributed by atoms with E-state index in [0.29, 0.717) is 29.3 Å². The lowest BCUT2D eigenvalue weighted by molar-refractivity contribution is 0.0948. The number of aryl methyl sites for hydroxylation is 1. The van der Waals surface area contributed by atoms with Crippen molar-refractivity contribution >= 4 is 44.1 Å². The molecule has 2 N–H and O–H groups in total. The van der Waals surface area contributed by atoms with E-state index in [9.17, 15) is 9.59 Å². The maximum absolute atomic E-state index is 12.8. The number of ether oxygens (including phenoxy) is 1. The van der Waals surface area contributed by atoms with Crippen molar-refractivity contribution < 1.29 is 14.3 Å². The fraction of sp³-hybridized carbons (Fsp3) is 0.400. The number of carbonyl (C=O) groups excluding carboxylic acids is 2. The first-order chi connectivity index (χ1) is 13.1. The molecule has 0 spiro atoms. The molecular formula is C20H23BrN2O3S.